The molecular formula is C22H25F2NO4S. The molecule has 8 heteroatoms. The molecule has 1 aliphatic carbocycles. The highest BCUT2D eigenvalue weighted by atomic mass is 32.2. The Morgan fingerprint density at radius 2 is 1.83 bits per heavy atom. The third kappa shape index (κ3) is 4.33. The lowest BCUT2D eigenvalue weighted by Crippen LogP contribution is -2.50. The van der Waals surface area contributed by atoms with Crippen LogP contribution in [-0.4, -0.2) is 25.7 Å². The van der Waals surface area contributed by atoms with Gasteiger partial charge in [0.1, 0.15) is 5.75 Å². The molecule has 30 heavy (non-hydrogen) atoms. The van der Waals surface area contributed by atoms with Gasteiger partial charge in [-0.05, 0) is 61.6 Å². The molecule has 0 unspecified atom stereocenters. The zero-order valence-corrected chi connectivity index (χ0v) is 17.8. The lowest BCUT2D eigenvalue weighted by Gasteiger charge is -2.28. The molecule has 5 nitrogen and oxygen atoms in total. The zero-order valence-electron chi connectivity index (χ0n) is 17.0. The van der Waals surface area contributed by atoms with Gasteiger partial charge in [-0.15, -0.1) is 0 Å². The van der Waals surface area contributed by atoms with Crippen LogP contribution in [0.3, 0.4) is 0 Å². The second kappa shape index (κ2) is 8.71. The molecular weight excluding hydrogens is 412 g/mol. The summed E-state index contributed by atoms with van der Waals surface area (Å²) >= 11 is 0. The molecule has 0 aliphatic heterocycles. The summed E-state index contributed by atoms with van der Waals surface area (Å²) in [6.07, 6.45) is 1.80. The molecule has 1 amide bonds. The summed E-state index contributed by atoms with van der Waals surface area (Å²) in [7, 11) is -3.92. The predicted molar refractivity (Wildman–Crippen MR) is 109 cm³/mol. The third-order valence-electron chi connectivity index (χ3n) is 5.55. The Morgan fingerprint density at radius 1 is 1.13 bits per heavy atom. The summed E-state index contributed by atoms with van der Waals surface area (Å²) in [4.78, 5) is 13.4. The zero-order chi connectivity index (χ0) is 21.9. The number of amides is 1. The molecule has 162 valence electrons. The number of carbonyl (C=O) groups excluding carboxylic acids is 1. The van der Waals surface area contributed by atoms with Crippen LogP contribution in [0, 0.1) is 13.8 Å². The van der Waals surface area contributed by atoms with Crippen molar-refractivity contribution in [2.75, 3.05) is 0 Å². The first-order chi connectivity index (χ1) is 14.2. The van der Waals surface area contributed by atoms with E-state index in [0.717, 1.165) is 5.56 Å². The highest BCUT2D eigenvalue weighted by Crippen LogP contribution is 2.41. The number of nitrogens with one attached hydrogen (secondary N) is 1. The fraction of sp³-hybridized carbons (Fsp3) is 0.409. The van der Waals surface area contributed by atoms with Gasteiger partial charge in [-0.1, -0.05) is 37.1 Å². The van der Waals surface area contributed by atoms with Crippen molar-refractivity contribution < 1.29 is 26.7 Å². The van der Waals surface area contributed by atoms with Crippen LogP contribution in [0.1, 0.15) is 42.4 Å². The first-order valence-electron chi connectivity index (χ1n) is 9.80. The minimum absolute atomic E-state index is 0.0172. The molecule has 1 fully saturated rings. The summed E-state index contributed by atoms with van der Waals surface area (Å²) in [6, 6.07) is 11.2. The molecule has 2 aromatic carbocycles. The van der Waals surface area contributed by atoms with Crippen LogP contribution in [0.5, 0.6) is 5.75 Å². The van der Waals surface area contributed by atoms with Crippen LogP contribution in [-0.2, 0) is 21.2 Å². The largest absolute Gasteiger partial charge is 0.435 e. The minimum Gasteiger partial charge on any atom is -0.435 e. The fourth-order valence-corrected chi connectivity index (χ4v) is 6.34. The second-order valence-electron chi connectivity index (χ2n) is 7.68. The Kier molecular flexibility index (Phi) is 6.45. The van der Waals surface area contributed by atoms with E-state index in [-0.39, 0.29) is 30.0 Å². The van der Waals surface area contributed by atoms with E-state index in [9.17, 15) is 22.0 Å². The minimum atomic E-state index is -3.92. The van der Waals surface area contributed by atoms with Gasteiger partial charge in [0.15, 0.2) is 14.6 Å². The number of ether oxygens (including phenoxy) is 1. The third-order valence-corrected chi connectivity index (χ3v) is 8.19. The van der Waals surface area contributed by atoms with Gasteiger partial charge >= 0.3 is 6.61 Å². The maximum atomic E-state index is 13.6. The summed E-state index contributed by atoms with van der Waals surface area (Å²) in [5.41, 5.74) is 1.96. The Balaban J connectivity index is 1.86. The predicted octanol–water partition coefficient (Wildman–Crippen LogP) is 4.31. The van der Waals surface area contributed by atoms with Crippen LogP contribution in [0.4, 0.5) is 8.78 Å². The lowest BCUT2D eigenvalue weighted by molar-refractivity contribution is -0.123. The molecule has 2 aromatic rings. The van der Waals surface area contributed by atoms with E-state index in [1.54, 1.807) is 25.1 Å². The van der Waals surface area contributed by atoms with E-state index in [1.807, 2.05) is 13.0 Å². The number of sulfone groups is 1. The molecule has 0 radical (unpaired) electrons. The number of halogens is 2. The van der Waals surface area contributed by atoms with Gasteiger partial charge < -0.3 is 10.1 Å². The summed E-state index contributed by atoms with van der Waals surface area (Å²) in [5.74, 6) is -0.573. The SMILES string of the molecule is Cc1ccc(C)c(S(=O)(=O)C2(C(=O)NCc3cccc(OC(F)F)c3)CCCC2)c1. The normalized spacial score (nSPS) is 15.9. The van der Waals surface area contributed by atoms with Gasteiger partial charge in [-0.3, -0.25) is 4.79 Å². The summed E-state index contributed by atoms with van der Waals surface area (Å²) < 4.78 is 54.9. The van der Waals surface area contributed by atoms with Crippen LogP contribution in [0.25, 0.3) is 0 Å². The molecule has 0 heterocycles. The number of rotatable bonds is 7. The Hall–Kier alpha value is -2.48. The highest BCUT2D eigenvalue weighted by Gasteiger charge is 2.53. The maximum absolute atomic E-state index is 13.6. The Bertz CT molecular complexity index is 1030. The van der Waals surface area contributed by atoms with Crippen molar-refractivity contribution in [3.8, 4) is 5.75 Å². The number of hydrogen-bond acceptors (Lipinski definition) is 4. The van der Waals surface area contributed by atoms with E-state index < -0.39 is 27.1 Å². The van der Waals surface area contributed by atoms with Crippen LogP contribution in [0.15, 0.2) is 47.4 Å². The average Bonchev–Trinajstić information content (AvgIpc) is 3.19. The monoisotopic (exact) mass is 437 g/mol. The van der Waals surface area contributed by atoms with Crippen LogP contribution >= 0.6 is 0 Å². The van der Waals surface area contributed by atoms with Crippen molar-refractivity contribution in [2.45, 2.75) is 62.3 Å². The number of aryl methyl sites for hydroxylation is 2. The van der Waals surface area contributed by atoms with Crippen LogP contribution in [0.2, 0.25) is 0 Å². The number of carbonyl (C=O) groups is 1. The Labute approximate surface area is 175 Å². The lowest BCUT2D eigenvalue weighted by atomic mass is 10.1. The molecule has 0 bridgehead atoms. The molecule has 1 N–H and O–H groups in total. The standard InChI is InChI=1S/C22H25F2NO4S/c1-15-8-9-16(2)19(12-15)30(27,28)22(10-3-4-11-22)20(26)25-14-17-6-5-7-18(13-17)29-21(23)24/h5-9,12-13,21H,3-4,10-11,14H2,1-2H3,(H,25,26). The van der Waals surface area contributed by atoms with Gasteiger partial charge in [0, 0.05) is 6.54 Å². The van der Waals surface area contributed by atoms with E-state index in [2.05, 4.69) is 10.1 Å². The van der Waals surface area contributed by atoms with Gasteiger partial charge in [0.25, 0.3) is 0 Å². The second-order valence-corrected chi connectivity index (χ2v) is 9.91. The van der Waals surface area contributed by atoms with Gasteiger partial charge in [0.05, 0.1) is 4.90 Å². The quantitative estimate of drug-likeness (QED) is 0.701. The van der Waals surface area contributed by atoms with Crippen molar-refractivity contribution in [3.63, 3.8) is 0 Å². The van der Waals surface area contributed by atoms with E-state index >= 15 is 0 Å². The molecule has 1 aliphatic rings. The van der Waals surface area contributed by atoms with E-state index in [4.69, 9.17) is 0 Å². The molecule has 3 rings (SSSR count). The molecule has 0 spiro atoms. The number of hydrogen-bond donors (Lipinski definition) is 1. The smallest absolute Gasteiger partial charge is 0.387 e. The molecule has 0 aromatic heterocycles. The number of benzene rings is 2. The topological polar surface area (TPSA) is 72.5 Å². The average molecular weight is 438 g/mol. The van der Waals surface area contributed by atoms with E-state index in [0.29, 0.717) is 24.0 Å². The van der Waals surface area contributed by atoms with Crippen molar-refractivity contribution in [2.24, 2.45) is 0 Å². The van der Waals surface area contributed by atoms with Gasteiger partial charge in [-0.25, -0.2) is 8.42 Å². The molecule has 0 atom stereocenters. The molecule has 1 saturated carbocycles. The molecule has 0 saturated heterocycles. The van der Waals surface area contributed by atoms with Crippen molar-refractivity contribution >= 4 is 15.7 Å². The maximum Gasteiger partial charge on any atom is 0.387 e. The summed E-state index contributed by atoms with van der Waals surface area (Å²) in [6.45, 7) is 0.610. The Morgan fingerprint density at radius 3 is 2.50 bits per heavy atom. The van der Waals surface area contributed by atoms with E-state index in [1.165, 1.54) is 18.2 Å². The van der Waals surface area contributed by atoms with Crippen LogP contribution < -0.4 is 10.1 Å². The van der Waals surface area contributed by atoms with Gasteiger partial charge in [0.2, 0.25) is 5.91 Å². The van der Waals surface area contributed by atoms with Crippen molar-refractivity contribution in [1.82, 2.24) is 5.32 Å². The summed E-state index contributed by atoms with van der Waals surface area (Å²) in [5, 5.41) is 2.71. The first kappa shape index (κ1) is 22.2. The highest BCUT2D eigenvalue weighted by molar-refractivity contribution is 7.93. The van der Waals surface area contributed by atoms with Crippen molar-refractivity contribution in [3.05, 3.63) is 59.2 Å². The van der Waals surface area contributed by atoms with Crippen molar-refractivity contribution in [1.29, 1.82) is 0 Å². The first-order valence-corrected chi connectivity index (χ1v) is 11.3. The van der Waals surface area contributed by atoms with Gasteiger partial charge in [-0.2, -0.15) is 8.78 Å². The number of alkyl halides is 2. The fourth-order valence-electron chi connectivity index (χ4n) is 3.95.